The number of nitrogens with zero attached hydrogens (tertiary/aromatic N) is 6. The smallest absolute Gasteiger partial charge is 0.870 e. The Kier molecular flexibility index (Phi) is 36.4. The molecule has 4 aromatic carbocycles. The van der Waals surface area contributed by atoms with Gasteiger partial charge in [-0.3, -0.25) is 4.79 Å². The van der Waals surface area contributed by atoms with Crippen LogP contribution in [0.15, 0.2) is 97.1 Å². The normalized spacial score (nSPS) is 11.2. The van der Waals surface area contributed by atoms with E-state index in [1.807, 2.05) is 6.92 Å². The molecule has 0 bridgehead atoms. The summed E-state index contributed by atoms with van der Waals surface area (Å²) in [6.45, 7) is 9.78. The number of carboxylic acids is 1. The molecule has 0 unspecified atom stereocenters. The van der Waals surface area contributed by atoms with Crippen molar-refractivity contribution >= 4 is 62.9 Å². The number of hydrogen-bond donors (Lipinski definition) is 2. The average molecular weight is 1410 g/mol. The van der Waals surface area contributed by atoms with E-state index in [1.54, 1.807) is 6.07 Å². The number of rotatable bonds is 22. The Morgan fingerprint density at radius 3 is 0.957 bits per heavy atom. The largest absolute Gasteiger partial charge is 1.00 e. The molecule has 0 saturated heterocycles. The topological polar surface area (TPSA) is 187 Å². The Morgan fingerprint density at radius 2 is 0.710 bits per heavy atom. The molecule has 0 radical (unpaired) electrons. The van der Waals surface area contributed by atoms with Gasteiger partial charge in [0.15, 0.2) is 0 Å². The molecule has 10 nitrogen and oxygen atoms in total. The Morgan fingerprint density at radius 1 is 0.462 bits per heavy atom. The number of aliphatic hydroxyl groups is 1. The second-order valence-electron chi connectivity index (χ2n) is 20.0. The molecule has 0 aliphatic rings. The van der Waals surface area contributed by atoms with Crippen LogP contribution in [0.3, 0.4) is 0 Å². The van der Waals surface area contributed by atoms with Crippen molar-refractivity contribution in [1.29, 1.82) is 10.5 Å². The Bertz CT molecular complexity index is 3580. The quantitative estimate of drug-likeness (QED) is 0.0376. The molecule has 28 heteroatoms. The van der Waals surface area contributed by atoms with E-state index in [4.69, 9.17) is 32.3 Å². The first kappa shape index (κ1) is 83.3. The van der Waals surface area contributed by atoms with Gasteiger partial charge < -0.3 is 15.7 Å². The summed E-state index contributed by atoms with van der Waals surface area (Å²) in [6, 6.07) is 23.8. The van der Waals surface area contributed by atoms with Crippen molar-refractivity contribution in [3.8, 4) is 54.4 Å². The molecule has 0 saturated carbocycles. The zero-order valence-electron chi connectivity index (χ0n) is 51.7. The van der Waals surface area contributed by atoms with Gasteiger partial charge in [-0.1, -0.05) is 102 Å². The molecular formula is C65H68ClF12N6NaO4S4. The van der Waals surface area contributed by atoms with Gasteiger partial charge in [0, 0.05) is 61.7 Å². The second kappa shape index (κ2) is 40.6. The van der Waals surface area contributed by atoms with Gasteiger partial charge in [0.25, 0.3) is 0 Å². The Hall–Kier alpha value is -5.78. The maximum atomic E-state index is 12.6. The zero-order chi connectivity index (χ0) is 67.5. The molecule has 0 amide bonds. The van der Waals surface area contributed by atoms with Crippen LogP contribution in [-0.2, 0) is 80.3 Å². The van der Waals surface area contributed by atoms with E-state index in [9.17, 15) is 57.5 Å². The summed E-state index contributed by atoms with van der Waals surface area (Å²) < 4.78 is 151. The van der Waals surface area contributed by atoms with Crippen LogP contribution in [0, 0.1) is 22.7 Å². The summed E-state index contributed by atoms with van der Waals surface area (Å²) in [5, 5.41) is 37.0. The van der Waals surface area contributed by atoms with Crippen molar-refractivity contribution < 1.29 is 103 Å². The van der Waals surface area contributed by atoms with Crippen LogP contribution >= 0.6 is 56.9 Å². The molecule has 93 heavy (non-hydrogen) atoms. The minimum atomic E-state index is -4.37. The van der Waals surface area contributed by atoms with Gasteiger partial charge in [-0.05, 0) is 99.9 Å². The third-order valence-electron chi connectivity index (χ3n) is 13.0. The molecular weight excluding hydrogens is 1340 g/mol. The van der Waals surface area contributed by atoms with Crippen LogP contribution in [0.4, 0.5) is 52.7 Å². The van der Waals surface area contributed by atoms with Crippen LogP contribution in [0.25, 0.3) is 42.3 Å². The predicted octanol–water partition coefficient (Wildman–Crippen LogP) is 18.0. The molecule has 0 spiro atoms. The number of aliphatic hydroxyl groups excluding tert-OH is 1. The fourth-order valence-corrected chi connectivity index (χ4v) is 12.8. The molecule has 8 rings (SSSR count). The number of carbonyl (C=O) groups is 1. The summed E-state index contributed by atoms with van der Waals surface area (Å²) in [7, 11) is 0. The second-order valence-corrected chi connectivity index (χ2v) is 24.6. The van der Waals surface area contributed by atoms with Gasteiger partial charge in [-0.15, -0.1) is 56.9 Å². The van der Waals surface area contributed by atoms with Crippen LogP contribution in [0.2, 0.25) is 0 Å². The number of carboxylic acid groups (broad SMARTS) is 1. The summed E-state index contributed by atoms with van der Waals surface area (Å²) in [5.41, 5.74) is 3.45. The number of thiazole rings is 4. The average Bonchev–Trinajstić information content (AvgIpc) is 1.88. The molecule has 8 aromatic rings. The van der Waals surface area contributed by atoms with E-state index in [0.717, 1.165) is 162 Å². The van der Waals surface area contributed by atoms with Crippen molar-refractivity contribution in [1.82, 2.24) is 19.9 Å². The van der Waals surface area contributed by atoms with E-state index in [0.29, 0.717) is 60.9 Å². The van der Waals surface area contributed by atoms with Crippen LogP contribution in [0.1, 0.15) is 151 Å². The molecule has 3 N–H and O–H groups in total. The van der Waals surface area contributed by atoms with Gasteiger partial charge >= 0.3 is 60.2 Å². The number of aryl methyl sites for hydroxylation is 4. The first-order valence-electron chi connectivity index (χ1n) is 28.8. The van der Waals surface area contributed by atoms with Crippen molar-refractivity contribution in [3.05, 3.63) is 162 Å². The van der Waals surface area contributed by atoms with E-state index >= 15 is 0 Å². The summed E-state index contributed by atoms with van der Waals surface area (Å²) in [5.74, 6) is -0.553. The molecule has 4 heterocycles. The molecule has 0 fully saturated rings. The molecule has 498 valence electrons. The van der Waals surface area contributed by atoms with Crippen molar-refractivity contribution in [2.24, 2.45) is 0 Å². The van der Waals surface area contributed by atoms with Gasteiger partial charge in [-0.2, -0.15) is 63.2 Å². The molecule has 0 atom stereocenters. The maximum absolute atomic E-state index is 12.6. The fraction of sp³-hybridized carbons (Fsp3) is 0.400. The minimum Gasteiger partial charge on any atom is -0.870 e. The number of benzene rings is 4. The third-order valence-corrected chi connectivity index (χ3v) is 18.1. The van der Waals surface area contributed by atoms with Crippen molar-refractivity contribution in [2.75, 3.05) is 6.61 Å². The van der Waals surface area contributed by atoms with E-state index in [-0.39, 0.29) is 54.5 Å². The minimum absolute atomic E-state index is 0. The monoisotopic (exact) mass is 1410 g/mol. The number of aliphatic carboxylic acids is 1. The van der Waals surface area contributed by atoms with E-state index in [1.165, 1.54) is 101 Å². The first-order valence-corrected chi connectivity index (χ1v) is 32.6. The van der Waals surface area contributed by atoms with Crippen LogP contribution in [0.5, 0.6) is 0 Å². The number of halogens is 13. The van der Waals surface area contributed by atoms with Gasteiger partial charge in [-0.25, -0.2) is 19.9 Å². The summed E-state index contributed by atoms with van der Waals surface area (Å²) in [6.07, 6.45) is -5.45. The number of unbranched alkanes of at least 4 members (excludes halogenated alkanes) is 4. The predicted molar refractivity (Wildman–Crippen MR) is 339 cm³/mol. The maximum Gasteiger partial charge on any atom is 1.00 e. The molecule has 4 aromatic heterocycles. The fourth-order valence-electron chi connectivity index (χ4n) is 8.28. The van der Waals surface area contributed by atoms with Gasteiger partial charge in [0.1, 0.15) is 20.0 Å². The Balaban J connectivity index is 0.000000413. The third kappa shape index (κ3) is 27.1. The zero-order valence-corrected chi connectivity index (χ0v) is 57.8. The van der Waals surface area contributed by atoms with Crippen molar-refractivity contribution in [2.45, 2.75) is 162 Å². The summed E-state index contributed by atoms with van der Waals surface area (Å²) in [4.78, 5) is 32.6. The number of hydrogen-bond acceptors (Lipinski definition) is 13. The van der Waals surface area contributed by atoms with Crippen molar-refractivity contribution in [3.63, 3.8) is 0 Å². The van der Waals surface area contributed by atoms with E-state index < -0.39 is 52.9 Å². The Labute approximate surface area is 576 Å². The number of aromatic nitrogens is 4. The molecule has 0 aliphatic heterocycles. The molecule has 0 aliphatic carbocycles. The van der Waals surface area contributed by atoms with Crippen LogP contribution < -0.4 is 29.6 Å². The van der Waals surface area contributed by atoms with E-state index in [2.05, 4.69) is 46.8 Å². The number of nitriles is 2. The summed E-state index contributed by atoms with van der Waals surface area (Å²) >= 11 is 11.4. The first-order chi connectivity index (χ1) is 43.1. The van der Waals surface area contributed by atoms with Gasteiger partial charge in [0.05, 0.1) is 75.9 Å². The van der Waals surface area contributed by atoms with Crippen LogP contribution in [-0.4, -0.2) is 48.2 Å². The SMILES string of the molecule is CC#N.CCCCc1nc(-c2ccc(C(F)(F)F)cc2)sc1CC#N.CCCCc1nc(-c2ccc(C(F)(F)F)cc2)sc1CC(=O)O.CCCCc1nc(-c2ccc(C(F)(F)F)cc2)sc1CCO.CCCCc1nc(-c2ccc(C(F)(F)F)cc2)sc1CCl.[Na+].[OH-]. The number of alkyl halides is 13. The van der Waals surface area contributed by atoms with Gasteiger partial charge in [0.2, 0.25) is 0 Å². The standard InChI is InChI=1S/C16H15F3N2S.C16H16F3NO2S.C16H18F3NOS.C15H15ClF3NS.C2H3N.Na.H2O/c1-2-3-4-13-14(9-10-20)22-15(21-13)11-5-7-12(8-6-11)16(17,18)19;1-2-3-4-12-13(9-14(21)22)23-15(20-12)10-5-7-11(8-6-10)16(17,18)19;1-2-3-4-13-14(9-10-21)22-15(20-13)11-5-7-12(8-6-11)16(17,18)19;1-2-3-4-12-13(9-16)21-14(20-12)10-5-7-11(8-6-10)15(17,18)19;1-2-3;;/h5-8H,2-4,9H2,1H3;5-8H,2-4,9H2,1H3,(H,21,22);5-8,21H,2-4,9-10H2,1H3;5-8H,2-4,9H2,1H3;1H3;;1H2/q;;;;;+1;/p-1.